The molecule has 2 N–H and O–H groups in total. The molecular weight excluding hydrogens is 234 g/mol. The zero-order valence-electron chi connectivity index (χ0n) is 12.8. The van der Waals surface area contributed by atoms with Crippen LogP contribution >= 0.6 is 0 Å². The van der Waals surface area contributed by atoms with E-state index >= 15 is 0 Å². The van der Waals surface area contributed by atoms with Gasteiger partial charge in [-0.15, -0.1) is 0 Å². The van der Waals surface area contributed by atoms with Crippen LogP contribution in [0.25, 0.3) is 0 Å². The number of nitrogens with two attached hydrogens (primary N) is 1. The maximum absolute atomic E-state index is 6.30. The molecule has 0 aliphatic rings. The lowest BCUT2D eigenvalue weighted by Gasteiger charge is -2.32. The highest BCUT2D eigenvalue weighted by molar-refractivity contribution is 5.15. The predicted octanol–water partition coefficient (Wildman–Crippen LogP) is 1.83. The smallest absolute Gasteiger partial charge is 0.0208 e. The topological polar surface area (TPSA) is 32.5 Å². The van der Waals surface area contributed by atoms with Crippen LogP contribution in [0.5, 0.6) is 0 Å². The zero-order valence-corrected chi connectivity index (χ0v) is 12.8. The Morgan fingerprint density at radius 2 is 1.74 bits per heavy atom. The molecular formula is C16H29N3. The van der Waals surface area contributed by atoms with E-state index in [1.165, 1.54) is 5.56 Å². The van der Waals surface area contributed by atoms with E-state index in [-0.39, 0.29) is 6.04 Å². The van der Waals surface area contributed by atoms with Gasteiger partial charge in [-0.2, -0.15) is 0 Å². The van der Waals surface area contributed by atoms with Gasteiger partial charge in [-0.1, -0.05) is 37.3 Å². The molecule has 0 heterocycles. The number of nitrogens with zero attached hydrogens (tertiary/aromatic N) is 2. The van der Waals surface area contributed by atoms with Gasteiger partial charge in [0, 0.05) is 25.2 Å². The summed E-state index contributed by atoms with van der Waals surface area (Å²) >= 11 is 0. The lowest BCUT2D eigenvalue weighted by Crippen LogP contribution is -2.46. The van der Waals surface area contributed by atoms with Gasteiger partial charge in [0.15, 0.2) is 0 Å². The molecule has 0 aliphatic heterocycles. The molecule has 0 fully saturated rings. The second-order valence-corrected chi connectivity index (χ2v) is 5.65. The molecule has 0 amide bonds. The molecule has 0 bridgehead atoms. The standard InChI is InChI=1S/C16H29N3/c1-5-19(14(2)12-18(3)4)13-16(17)11-15-9-7-6-8-10-15/h6-10,14,16H,5,11-13,17H2,1-4H3. The lowest BCUT2D eigenvalue weighted by atomic mass is 10.1. The third kappa shape index (κ3) is 6.19. The molecule has 1 rings (SSSR count). The molecule has 3 heteroatoms. The number of rotatable bonds is 8. The van der Waals surface area contributed by atoms with E-state index < -0.39 is 0 Å². The van der Waals surface area contributed by atoms with Crippen LogP contribution < -0.4 is 5.73 Å². The Bertz CT molecular complexity index is 337. The highest BCUT2D eigenvalue weighted by Gasteiger charge is 2.16. The number of benzene rings is 1. The number of hydrogen-bond donors (Lipinski definition) is 1. The SMILES string of the molecule is CCN(CC(N)Cc1ccccc1)C(C)CN(C)C. The van der Waals surface area contributed by atoms with Crippen molar-refractivity contribution >= 4 is 0 Å². The molecule has 1 aromatic rings. The van der Waals surface area contributed by atoms with Crippen LogP contribution in [-0.2, 0) is 6.42 Å². The van der Waals surface area contributed by atoms with E-state index in [0.717, 1.165) is 26.1 Å². The van der Waals surface area contributed by atoms with Crippen LogP contribution in [-0.4, -0.2) is 55.6 Å². The van der Waals surface area contributed by atoms with Crippen molar-refractivity contribution in [2.45, 2.75) is 32.4 Å². The van der Waals surface area contributed by atoms with Crippen LogP contribution in [0.3, 0.4) is 0 Å². The average molecular weight is 263 g/mol. The van der Waals surface area contributed by atoms with Crippen molar-refractivity contribution in [3.8, 4) is 0 Å². The summed E-state index contributed by atoms with van der Waals surface area (Å²) in [5, 5.41) is 0. The molecule has 1 aromatic carbocycles. The summed E-state index contributed by atoms with van der Waals surface area (Å²) in [6, 6.07) is 11.3. The van der Waals surface area contributed by atoms with Gasteiger partial charge in [0.1, 0.15) is 0 Å². The second-order valence-electron chi connectivity index (χ2n) is 5.65. The molecule has 0 spiro atoms. The quantitative estimate of drug-likeness (QED) is 0.776. The van der Waals surface area contributed by atoms with Gasteiger partial charge in [0.05, 0.1) is 0 Å². The Balaban J connectivity index is 2.46. The molecule has 0 aromatic heterocycles. The summed E-state index contributed by atoms with van der Waals surface area (Å²) in [4.78, 5) is 4.70. The van der Waals surface area contributed by atoms with Crippen LogP contribution in [0, 0.1) is 0 Å². The van der Waals surface area contributed by atoms with Crippen molar-refractivity contribution in [1.82, 2.24) is 9.80 Å². The summed E-state index contributed by atoms with van der Waals surface area (Å²) < 4.78 is 0. The molecule has 3 nitrogen and oxygen atoms in total. The van der Waals surface area contributed by atoms with E-state index in [1.54, 1.807) is 0 Å². The van der Waals surface area contributed by atoms with Gasteiger partial charge in [-0.05, 0) is 39.5 Å². The summed E-state index contributed by atoms with van der Waals surface area (Å²) in [5.74, 6) is 0. The molecule has 2 unspecified atom stereocenters. The fourth-order valence-electron chi connectivity index (χ4n) is 2.55. The molecule has 19 heavy (non-hydrogen) atoms. The second kappa shape index (κ2) is 8.31. The Kier molecular flexibility index (Phi) is 7.06. The minimum atomic E-state index is 0.201. The van der Waals surface area contributed by atoms with Gasteiger partial charge in [-0.3, -0.25) is 4.90 Å². The first-order valence-electron chi connectivity index (χ1n) is 7.21. The van der Waals surface area contributed by atoms with Gasteiger partial charge in [0.25, 0.3) is 0 Å². The van der Waals surface area contributed by atoms with Gasteiger partial charge < -0.3 is 10.6 Å². The normalized spacial score (nSPS) is 14.9. The average Bonchev–Trinajstić information content (AvgIpc) is 2.36. The van der Waals surface area contributed by atoms with Crippen molar-refractivity contribution in [1.29, 1.82) is 0 Å². The Labute approximate surface area is 118 Å². The fraction of sp³-hybridized carbons (Fsp3) is 0.625. The Morgan fingerprint density at radius 3 is 2.26 bits per heavy atom. The fourth-order valence-corrected chi connectivity index (χ4v) is 2.55. The maximum Gasteiger partial charge on any atom is 0.0208 e. The largest absolute Gasteiger partial charge is 0.326 e. The summed E-state index contributed by atoms with van der Waals surface area (Å²) in [6.45, 7) is 7.57. The van der Waals surface area contributed by atoms with Gasteiger partial charge in [-0.25, -0.2) is 0 Å². The van der Waals surface area contributed by atoms with Crippen LogP contribution in [0.4, 0.5) is 0 Å². The monoisotopic (exact) mass is 263 g/mol. The molecule has 0 saturated heterocycles. The molecule has 108 valence electrons. The van der Waals surface area contributed by atoms with Crippen LogP contribution in [0.15, 0.2) is 30.3 Å². The van der Waals surface area contributed by atoms with E-state index in [0.29, 0.717) is 6.04 Å². The van der Waals surface area contributed by atoms with Gasteiger partial charge >= 0.3 is 0 Å². The highest BCUT2D eigenvalue weighted by atomic mass is 15.2. The van der Waals surface area contributed by atoms with Crippen molar-refractivity contribution in [2.75, 3.05) is 33.7 Å². The minimum Gasteiger partial charge on any atom is -0.326 e. The molecule has 0 aliphatic carbocycles. The first-order valence-corrected chi connectivity index (χ1v) is 7.21. The summed E-state index contributed by atoms with van der Waals surface area (Å²) in [6.07, 6.45) is 0.950. The maximum atomic E-state index is 6.30. The third-order valence-electron chi connectivity index (χ3n) is 3.47. The Hall–Kier alpha value is -0.900. The predicted molar refractivity (Wildman–Crippen MR) is 83.4 cm³/mol. The molecule has 2 atom stereocenters. The van der Waals surface area contributed by atoms with Crippen molar-refractivity contribution in [3.05, 3.63) is 35.9 Å². The first-order chi connectivity index (χ1) is 9.02. The van der Waals surface area contributed by atoms with Crippen molar-refractivity contribution in [2.24, 2.45) is 5.73 Å². The van der Waals surface area contributed by atoms with Crippen molar-refractivity contribution in [3.63, 3.8) is 0 Å². The zero-order chi connectivity index (χ0) is 14.3. The minimum absolute atomic E-state index is 0.201. The van der Waals surface area contributed by atoms with Crippen molar-refractivity contribution < 1.29 is 0 Å². The molecule has 0 radical (unpaired) electrons. The Morgan fingerprint density at radius 1 is 1.11 bits per heavy atom. The summed E-state index contributed by atoms with van der Waals surface area (Å²) in [5.41, 5.74) is 7.62. The number of likely N-dealkylation sites (N-methyl/N-ethyl adjacent to an activating group) is 2. The highest BCUT2D eigenvalue weighted by Crippen LogP contribution is 2.06. The third-order valence-corrected chi connectivity index (χ3v) is 3.47. The number of hydrogen-bond acceptors (Lipinski definition) is 3. The first kappa shape index (κ1) is 16.2. The van der Waals surface area contributed by atoms with Crippen LogP contribution in [0.1, 0.15) is 19.4 Å². The van der Waals surface area contributed by atoms with Crippen LogP contribution in [0.2, 0.25) is 0 Å². The molecule has 0 saturated carbocycles. The summed E-state index contributed by atoms with van der Waals surface area (Å²) in [7, 11) is 4.24. The lowest BCUT2D eigenvalue weighted by molar-refractivity contribution is 0.172. The van der Waals surface area contributed by atoms with E-state index in [4.69, 9.17) is 5.73 Å². The van der Waals surface area contributed by atoms with E-state index in [2.05, 4.69) is 62.0 Å². The van der Waals surface area contributed by atoms with E-state index in [1.807, 2.05) is 6.07 Å². The van der Waals surface area contributed by atoms with Gasteiger partial charge in [0.2, 0.25) is 0 Å². The van der Waals surface area contributed by atoms with E-state index in [9.17, 15) is 0 Å².